The number of carboxylic acid groups (broad SMARTS) is 1. The molecule has 0 saturated heterocycles. The third-order valence-electron chi connectivity index (χ3n) is 3.04. The van der Waals surface area contributed by atoms with E-state index in [-0.39, 0.29) is 124 Å². The maximum atomic E-state index is 11.7. The van der Waals surface area contributed by atoms with E-state index < -0.39 is 18.1 Å². The third-order valence-corrected chi connectivity index (χ3v) is 3.04. The molecule has 0 radical (unpaired) electrons. The zero-order chi connectivity index (χ0) is 17.7. The van der Waals surface area contributed by atoms with Crippen LogP contribution in [0.15, 0.2) is 23.3 Å². The molecule has 0 saturated carbocycles. The van der Waals surface area contributed by atoms with Crippen molar-refractivity contribution in [2.45, 2.75) is 59.3 Å². The molecule has 0 rings (SSSR count). The molecule has 0 spiro atoms. The van der Waals surface area contributed by atoms with Gasteiger partial charge >= 0.3 is 121 Å². The molecular weight excluding hydrogens is 378 g/mol. The second kappa shape index (κ2) is 19.9. The normalized spacial score (nSPS) is 11.0. The summed E-state index contributed by atoms with van der Waals surface area (Å²) in [7, 11) is 0. The van der Waals surface area contributed by atoms with Crippen molar-refractivity contribution in [3.63, 3.8) is 0 Å². The van der Waals surface area contributed by atoms with Crippen LogP contribution in [0, 0.1) is 0 Å². The van der Waals surface area contributed by atoms with Gasteiger partial charge in [0.2, 0.25) is 0 Å². The van der Waals surface area contributed by atoms with E-state index in [2.05, 4.69) is 4.74 Å². The fraction of sp³-hybridized carbons (Fsp3) is 0.588. The number of allylic oxidation sites excluding steroid dienone is 2. The van der Waals surface area contributed by atoms with Gasteiger partial charge in [-0.2, -0.15) is 0 Å². The molecule has 0 aromatic heterocycles. The van der Waals surface area contributed by atoms with Crippen molar-refractivity contribution in [2.24, 2.45) is 0 Å². The fourth-order valence-corrected chi connectivity index (χ4v) is 1.72. The van der Waals surface area contributed by atoms with Crippen molar-refractivity contribution in [3.05, 3.63) is 23.3 Å². The van der Waals surface area contributed by atoms with Gasteiger partial charge in [-0.1, -0.05) is 45.8 Å². The van der Waals surface area contributed by atoms with Crippen molar-refractivity contribution < 1.29 is 135 Å². The van der Waals surface area contributed by atoms with Crippen LogP contribution in [0.5, 0.6) is 0 Å². The van der Waals surface area contributed by atoms with Gasteiger partial charge in [-0.05, 0) is 19.3 Å². The van der Waals surface area contributed by atoms with E-state index in [1.807, 2.05) is 13.8 Å². The molecule has 0 amide bonds. The van der Waals surface area contributed by atoms with Gasteiger partial charge < -0.3 is 17.4 Å². The van der Waals surface area contributed by atoms with Crippen LogP contribution in [-0.2, 0) is 19.1 Å². The van der Waals surface area contributed by atoms with Gasteiger partial charge in [0.15, 0.2) is 0 Å². The monoisotopic (exact) mass is 406 g/mol. The van der Waals surface area contributed by atoms with Crippen LogP contribution >= 0.6 is 0 Å². The topological polar surface area (TPSA) is 89.9 Å². The van der Waals surface area contributed by atoms with E-state index in [1.165, 1.54) is 0 Å². The number of hydrogen-bond acceptors (Lipinski definition) is 5. The van der Waals surface area contributed by atoms with Crippen LogP contribution in [0.1, 0.15) is 62.1 Å². The van der Waals surface area contributed by atoms with E-state index in [9.17, 15) is 14.4 Å². The molecule has 0 aromatic rings. The molecule has 6 nitrogen and oxygen atoms in total. The van der Waals surface area contributed by atoms with E-state index in [0.717, 1.165) is 19.3 Å². The molecule has 0 aliphatic rings. The number of carboxylic acids is 1. The predicted octanol–water partition coefficient (Wildman–Crippen LogP) is -1.76. The first-order valence-corrected chi connectivity index (χ1v) is 7.96. The number of unbranched alkanes of at least 4 members (excludes halogenated alkanes) is 2. The molecule has 1 N–H and O–H groups in total. The van der Waals surface area contributed by atoms with E-state index >= 15 is 0 Å². The molecule has 0 aliphatic heterocycles. The van der Waals surface area contributed by atoms with Gasteiger partial charge in [-0.15, -0.1) is 0 Å². The van der Waals surface area contributed by atoms with Gasteiger partial charge in [0.05, 0.1) is 6.61 Å². The van der Waals surface area contributed by atoms with E-state index in [0.29, 0.717) is 18.4 Å². The van der Waals surface area contributed by atoms with Crippen LogP contribution < -0.4 is 103 Å². The summed E-state index contributed by atoms with van der Waals surface area (Å²) in [6.07, 6.45) is 5.88. The summed E-state index contributed by atoms with van der Waals surface area (Å²) in [4.78, 5) is 34.2. The fourth-order valence-electron chi connectivity index (χ4n) is 1.72. The Labute approximate surface area is 238 Å². The molecule has 25 heavy (non-hydrogen) atoms. The van der Waals surface area contributed by atoms with E-state index in [1.54, 1.807) is 19.1 Å². The van der Waals surface area contributed by atoms with Crippen LogP contribution in [-0.4, -0.2) is 29.8 Å². The van der Waals surface area contributed by atoms with Crippen molar-refractivity contribution >= 4 is 18.1 Å². The molecule has 134 valence electrons. The Morgan fingerprint density at radius 1 is 0.960 bits per heavy atom. The third kappa shape index (κ3) is 15.9. The number of carbonyl (C=O) groups excluding carboxylic acids is 2. The van der Waals surface area contributed by atoms with Crippen LogP contribution in [0.2, 0.25) is 0 Å². The molecule has 0 atom stereocenters. The smallest absolute Gasteiger partial charge is 1.00 e. The number of ether oxygens (including phenoxy) is 2. The summed E-state index contributed by atoms with van der Waals surface area (Å²) in [5.74, 6) is -1.76. The predicted molar refractivity (Wildman–Crippen MR) is 88.2 cm³/mol. The molecule has 0 bridgehead atoms. The van der Waals surface area contributed by atoms with Crippen LogP contribution in [0.25, 0.3) is 0 Å². The first-order chi connectivity index (χ1) is 11.0. The van der Waals surface area contributed by atoms with Gasteiger partial charge in [-0.3, -0.25) is 0 Å². The summed E-state index contributed by atoms with van der Waals surface area (Å²) in [6, 6.07) is 0. The minimum atomic E-state index is -1.11. The summed E-state index contributed by atoms with van der Waals surface area (Å²) >= 11 is 0. The van der Waals surface area contributed by atoms with Gasteiger partial charge in [0.1, 0.15) is 0 Å². The second-order valence-electron chi connectivity index (χ2n) is 4.93. The molecule has 0 unspecified atom stereocenters. The zero-order valence-corrected chi connectivity index (χ0v) is 22.3. The average molecular weight is 407 g/mol. The number of carbonyl (C=O) groups is 3. The zero-order valence-electron chi connectivity index (χ0n) is 18.1. The van der Waals surface area contributed by atoms with Crippen molar-refractivity contribution in [1.82, 2.24) is 0 Å². The number of hydrogen-bond donors (Lipinski definition) is 1. The van der Waals surface area contributed by atoms with E-state index in [4.69, 9.17) is 9.84 Å². The standard InChI is InChI=1S/C17H26O6.2K.2H/c1-4-7-9-13(6-3)16(20)23-17(21)22-12-11-14(15(18)19)10-8-5-2;;;;/h9-10H,4-8,11-12H2,1-3H3,(H,18,19);;;;/q;2*+1;2*-1. The minimum absolute atomic E-state index is 0. The van der Waals surface area contributed by atoms with Crippen LogP contribution in [0.4, 0.5) is 4.79 Å². The average Bonchev–Trinajstić information content (AvgIpc) is 2.50. The summed E-state index contributed by atoms with van der Waals surface area (Å²) in [5, 5.41) is 9.00. The maximum Gasteiger partial charge on any atom is 1.00 e. The van der Waals surface area contributed by atoms with Crippen molar-refractivity contribution in [3.8, 4) is 0 Å². The number of aliphatic carboxylic acids is 1. The quantitative estimate of drug-likeness (QED) is 0.200. The number of esters is 1. The molecule has 0 aromatic carbocycles. The summed E-state index contributed by atoms with van der Waals surface area (Å²) in [6.45, 7) is 5.57. The molecule has 0 fully saturated rings. The molecular formula is C17H28K2O6. The Kier molecular flexibility index (Phi) is 24.6. The Morgan fingerprint density at radius 3 is 1.92 bits per heavy atom. The summed E-state index contributed by atoms with van der Waals surface area (Å²) < 4.78 is 9.35. The minimum Gasteiger partial charge on any atom is -1.00 e. The second-order valence-corrected chi connectivity index (χ2v) is 4.93. The largest absolute Gasteiger partial charge is 1.00 e. The van der Waals surface area contributed by atoms with Gasteiger partial charge in [-0.25, -0.2) is 14.4 Å². The Hall–Kier alpha value is 1.16. The molecule has 0 heterocycles. The maximum absolute atomic E-state index is 11.7. The SMILES string of the molecule is CCCC=C(CCOC(=O)OC(=O)C(=CCCC)CC)C(=O)O.[H-].[H-].[K+].[K+]. The first-order valence-electron chi connectivity index (χ1n) is 7.96. The molecule has 0 aliphatic carbocycles. The van der Waals surface area contributed by atoms with Crippen molar-refractivity contribution in [2.75, 3.05) is 6.61 Å². The Bertz CT molecular complexity index is 482. The van der Waals surface area contributed by atoms with Gasteiger partial charge in [0, 0.05) is 17.6 Å². The number of rotatable bonds is 10. The van der Waals surface area contributed by atoms with Crippen LogP contribution in [0.3, 0.4) is 0 Å². The Morgan fingerprint density at radius 2 is 1.48 bits per heavy atom. The Balaban J connectivity index is -0.000000403. The van der Waals surface area contributed by atoms with Crippen molar-refractivity contribution in [1.29, 1.82) is 0 Å². The summed E-state index contributed by atoms with van der Waals surface area (Å²) in [5.41, 5.74) is 0.612. The first kappa shape index (κ1) is 30.9. The molecule has 8 heteroatoms. The van der Waals surface area contributed by atoms with Gasteiger partial charge in [0.25, 0.3) is 0 Å².